The quantitative estimate of drug-likeness (QED) is 0.670. The molecule has 0 radical (unpaired) electrons. The summed E-state index contributed by atoms with van der Waals surface area (Å²) in [5.74, 6) is 0.816. The van der Waals surface area contributed by atoms with Gasteiger partial charge in [-0.15, -0.1) is 11.8 Å². The second-order valence-corrected chi connectivity index (χ2v) is 8.07. The lowest BCUT2D eigenvalue weighted by Gasteiger charge is -2.43. The molecule has 152 valence electrons. The molecule has 0 spiro atoms. The first-order valence-corrected chi connectivity index (χ1v) is 10.6. The molecule has 2 aromatic carbocycles. The molecule has 1 aliphatic rings. The molecule has 1 saturated heterocycles. The summed E-state index contributed by atoms with van der Waals surface area (Å²) in [5.41, 5.74) is 1.66. The lowest BCUT2D eigenvalue weighted by molar-refractivity contribution is -0.237. The third-order valence-corrected chi connectivity index (χ3v) is 5.74. The molecule has 0 bridgehead atoms. The summed E-state index contributed by atoms with van der Waals surface area (Å²) in [6, 6.07) is 19.6. The van der Waals surface area contributed by atoms with Crippen LogP contribution >= 0.6 is 11.8 Å². The van der Waals surface area contributed by atoms with Gasteiger partial charge in [0.15, 0.2) is 0 Å². The number of thioether (sulfide) groups is 1. The largest absolute Gasteiger partial charge is 0.394 e. The number of aliphatic hydroxyl groups is 2. The van der Waals surface area contributed by atoms with E-state index >= 15 is 0 Å². The zero-order valence-corrected chi connectivity index (χ0v) is 16.8. The first-order chi connectivity index (χ1) is 13.7. The van der Waals surface area contributed by atoms with Gasteiger partial charge in [0.2, 0.25) is 0 Å². The van der Waals surface area contributed by atoms with Gasteiger partial charge in [0, 0.05) is 0 Å². The highest BCUT2D eigenvalue weighted by Gasteiger charge is 2.46. The van der Waals surface area contributed by atoms with Gasteiger partial charge in [0.25, 0.3) is 0 Å². The molecule has 2 aromatic rings. The Morgan fingerprint density at radius 2 is 1.43 bits per heavy atom. The van der Waals surface area contributed by atoms with Crippen LogP contribution in [-0.4, -0.2) is 52.4 Å². The Morgan fingerprint density at radius 1 is 0.893 bits per heavy atom. The van der Waals surface area contributed by atoms with E-state index in [0.717, 1.165) is 16.9 Å². The van der Waals surface area contributed by atoms with Gasteiger partial charge >= 0.3 is 0 Å². The number of ether oxygens (including phenoxy) is 3. The highest BCUT2D eigenvalue weighted by atomic mass is 32.2. The summed E-state index contributed by atoms with van der Waals surface area (Å²) in [7, 11) is 0. The van der Waals surface area contributed by atoms with E-state index in [2.05, 4.69) is 0 Å². The fraction of sp³-hybridized carbons (Fsp3) is 0.455. The fourth-order valence-corrected chi connectivity index (χ4v) is 4.24. The van der Waals surface area contributed by atoms with Gasteiger partial charge in [0.05, 0.1) is 19.8 Å². The van der Waals surface area contributed by atoms with Crippen molar-refractivity contribution >= 4 is 11.8 Å². The van der Waals surface area contributed by atoms with Crippen molar-refractivity contribution in [2.75, 3.05) is 12.4 Å². The van der Waals surface area contributed by atoms with Gasteiger partial charge in [-0.25, -0.2) is 0 Å². The predicted molar refractivity (Wildman–Crippen MR) is 110 cm³/mol. The maximum atomic E-state index is 11.0. The second kappa shape index (κ2) is 11.0. The van der Waals surface area contributed by atoms with Crippen molar-refractivity contribution < 1.29 is 24.4 Å². The molecule has 0 saturated carbocycles. The van der Waals surface area contributed by atoms with Gasteiger partial charge in [0.1, 0.15) is 29.9 Å². The number of rotatable bonds is 9. The molecular weight excluding hydrogens is 376 g/mol. The van der Waals surface area contributed by atoms with Crippen molar-refractivity contribution in [1.29, 1.82) is 0 Å². The van der Waals surface area contributed by atoms with Crippen molar-refractivity contribution in [1.82, 2.24) is 0 Å². The summed E-state index contributed by atoms with van der Waals surface area (Å²) >= 11 is 1.56. The van der Waals surface area contributed by atoms with E-state index in [1.165, 1.54) is 0 Å². The number of hydrogen-bond acceptors (Lipinski definition) is 6. The van der Waals surface area contributed by atoms with E-state index in [1.807, 2.05) is 67.6 Å². The molecule has 28 heavy (non-hydrogen) atoms. The molecule has 1 aliphatic heterocycles. The molecule has 5 atom stereocenters. The lowest BCUT2D eigenvalue weighted by Crippen LogP contribution is -2.59. The van der Waals surface area contributed by atoms with Crippen LogP contribution in [0, 0.1) is 0 Å². The van der Waals surface area contributed by atoms with Crippen LogP contribution < -0.4 is 0 Å². The lowest BCUT2D eigenvalue weighted by atomic mass is 9.99. The summed E-state index contributed by atoms with van der Waals surface area (Å²) < 4.78 is 18.1. The van der Waals surface area contributed by atoms with Gasteiger partial charge in [-0.1, -0.05) is 67.6 Å². The molecule has 2 N–H and O–H groups in total. The van der Waals surface area contributed by atoms with E-state index in [-0.39, 0.29) is 12.0 Å². The van der Waals surface area contributed by atoms with Crippen LogP contribution in [-0.2, 0) is 27.4 Å². The van der Waals surface area contributed by atoms with E-state index in [0.29, 0.717) is 13.2 Å². The van der Waals surface area contributed by atoms with Crippen molar-refractivity contribution in [2.24, 2.45) is 0 Å². The normalized spacial score (nSPS) is 27.6. The molecule has 5 nitrogen and oxygen atoms in total. The zero-order chi connectivity index (χ0) is 19.8. The topological polar surface area (TPSA) is 68.2 Å². The number of benzene rings is 2. The Morgan fingerprint density at radius 3 is 1.93 bits per heavy atom. The zero-order valence-electron chi connectivity index (χ0n) is 16.0. The van der Waals surface area contributed by atoms with E-state index in [4.69, 9.17) is 14.2 Å². The summed E-state index contributed by atoms with van der Waals surface area (Å²) in [6.07, 6.45) is -2.71. The second-order valence-electron chi connectivity index (χ2n) is 6.69. The average Bonchev–Trinajstić information content (AvgIpc) is 2.74. The molecule has 0 aliphatic carbocycles. The molecule has 0 amide bonds. The smallest absolute Gasteiger partial charge is 0.132 e. The minimum atomic E-state index is -0.901. The minimum Gasteiger partial charge on any atom is -0.394 e. The Bertz CT molecular complexity index is 684. The van der Waals surface area contributed by atoms with Gasteiger partial charge in [-0.3, -0.25) is 0 Å². The molecule has 0 aromatic heterocycles. The van der Waals surface area contributed by atoms with Crippen LogP contribution in [0.15, 0.2) is 60.7 Å². The summed E-state index contributed by atoms with van der Waals surface area (Å²) in [6.45, 7) is 2.52. The average molecular weight is 405 g/mol. The van der Waals surface area contributed by atoms with Crippen LogP contribution in [0.2, 0.25) is 0 Å². The van der Waals surface area contributed by atoms with Crippen LogP contribution in [0.3, 0.4) is 0 Å². The van der Waals surface area contributed by atoms with Gasteiger partial charge in [-0.2, -0.15) is 0 Å². The van der Waals surface area contributed by atoms with Crippen LogP contribution in [0.5, 0.6) is 0 Å². The maximum absolute atomic E-state index is 11.0. The molecule has 1 heterocycles. The van der Waals surface area contributed by atoms with E-state index < -0.39 is 24.4 Å². The van der Waals surface area contributed by atoms with E-state index in [1.54, 1.807) is 11.8 Å². The molecule has 1 fully saturated rings. The molecule has 0 unspecified atom stereocenters. The third-order valence-electron chi connectivity index (χ3n) is 4.70. The molecule has 3 rings (SSSR count). The SMILES string of the molecule is CCS[C@@H]1O[C@H](CO)[C@@H](OCc2ccccc2)[C@H](O)[C@H]1OCc1ccccc1. The Kier molecular flexibility index (Phi) is 8.33. The van der Waals surface area contributed by atoms with Crippen LogP contribution in [0.1, 0.15) is 18.1 Å². The van der Waals surface area contributed by atoms with Crippen molar-refractivity contribution in [2.45, 2.75) is 50.0 Å². The molecule has 6 heteroatoms. The fourth-order valence-electron chi connectivity index (χ4n) is 3.26. The predicted octanol–water partition coefficient (Wildman–Crippen LogP) is 2.99. The highest BCUT2D eigenvalue weighted by Crippen LogP contribution is 2.32. The standard InChI is InChI=1S/C22H28O5S/c1-2-28-22-21(26-15-17-11-7-4-8-12-17)19(24)20(18(13-23)27-22)25-14-16-9-5-3-6-10-16/h3-12,18-24H,2,13-15H2,1H3/t18-,19+,20-,21-,22+/m1/s1. The summed E-state index contributed by atoms with van der Waals surface area (Å²) in [4.78, 5) is 0. The number of hydrogen-bond donors (Lipinski definition) is 2. The van der Waals surface area contributed by atoms with Crippen molar-refractivity contribution in [3.8, 4) is 0 Å². The first kappa shape index (κ1) is 21.3. The Labute approximate surface area is 170 Å². The third kappa shape index (κ3) is 5.56. The van der Waals surface area contributed by atoms with Gasteiger partial charge in [-0.05, 0) is 16.9 Å². The Hall–Kier alpha value is -1.41. The first-order valence-electron chi connectivity index (χ1n) is 9.60. The Balaban J connectivity index is 1.69. The summed E-state index contributed by atoms with van der Waals surface area (Å²) in [5, 5.41) is 20.8. The molecular formula is C22H28O5S. The maximum Gasteiger partial charge on any atom is 0.132 e. The van der Waals surface area contributed by atoms with Crippen molar-refractivity contribution in [3.05, 3.63) is 71.8 Å². The van der Waals surface area contributed by atoms with Crippen molar-refractivity contribution in [3.63, 3.8) is 0 Å². The van der Waals surface area contributed by atoms with Gasteiger partial charge < -0.3 is 24.4 Å². The number of aliphatic hydroxyl groups excluding tert-OH is 2. The van der Waals surface area contributed by atoms with E-state index in [9.17, 15) is 10.2 Å². The van der Waals surface area contributed by atoms with Crippen LogP contribution in [0.4, 0.5) is 0 Å². The monoisotopic (exact) mass is 404 g/mol. The highest BCUT2D eigenvalue weighted by molar-refractivity contribution is 7.99. The minimum absolute atomic E-state index is 0.220. The van der Waals surface area contributed by atoms with Crippen LogP contribution in [0.25, 0.3) is 0 Å².